The molecule has 0 radical (unpaired) electrons. The summed E-state index contributed by atoms with van der Waals surface area (Å²) in [6.45, 7) is 5.14. The standard InChI is InChI=1S/C26H26ClF2N5/c1-16-4-6-20(21(27)9-16)24-11-19-14-32-26(31-13-17-5-7-22(28)23(29)10-17)33-25(19)34(24)15-18-3-2-8-30-12-18/h4-7,9-11,14,18,30H,2-3,8,12-13,15H2,1H3,(H,31,32,33)/t18-/m1/s1. The maximum Gasteiger partial charge on any atom is 0.224 e. The van der Waals surface area contributed by atoms with Crippen molar-refractivity contribution < 1.29 is 8.78 Å². The van der Waals surface area contributed by atoms with Gasteiger partial charge < -0.3 is 15.2 Å². The van der Waals surface area contributed by atoms with Crippen molar-refractivity contribution in [2.45, 2.75) is 32.9 Å². The molecule has 8 heteroatoms. The summed E-state index contributed by atoms with van der Waals surface area (Å²) in [5, 5.41) is 8.25. The molecular weight excluding hydrogens is 456 g/mol. The van der Waals surface area contributed by atoms with E-state index in [1.165, 1.54) is 6.07 Å². The molecule has 34 heavy (non-hydrogen) atoms. The zero-order valence-electron chi connectivity index (χ0n) is 18.9. The molecule has 0 unspecified atom stereocenters. The molecule has 4 aromatic rings. The number of benzene rings is 2. The molecule has 0 bridgehead atoms. The minimum absolute atomic E-state index is 0.284. The molecule has 2 aromatic carbocycles. The summed E-state index contributed by atoms with van der Waals surface area (Å²) in [5.74, 6) is -0.815. The van der Waals surface area contributed by atoms with Gasteiger partial charge in [-0.25, -0.2) is 13.8 Å². The monoisotopic (exact) mass is 481 g/mol. The van der Waals surface area contributed by atoms with Gasteiger partial charge in [0.25, 0.3) is 0 Å². The van der Waals surface area contributed by atoms with Gasteiger partial charge in [0, 0.05) is 30.2 Å². The van der Waals surface area contributed by atoms with Gasteiger partial charge in [-0.15, -0.1) is 0 Å². The highest BCUT2D eigenvalue weighted by molar-refractivity contribution is 6.33. The average Bonchev–Trinajstić information content (AvgIpc) is 3.18. The molecule has 0 aliphatic carbocycles. The van der Waals surface area contributed by atoms with E-state index < -0.39 is 11.6 Å². The van der Waals surface area contributed by atoms with Crippen LogP contribution >= 0.6 is 11.6 Å². The van der Waals surface area contributed by atoms with Crippen LogP contribution in [-0.2, 0) is 13.1 Å². The zero-order chi connectivity index (χ0) is 23.7. The largest absolute Gasteiger partial charge is 0.350 e. The summed E-state index contributed by atoms with van der Waals surface area (Å²) in [6, 6.07) is 12.0. The highest BCUT2D eigenvalue weighted by Gasteiger charge is 2.20. The molecule has 1 atom stereocenters. The highest BCUT2D eigenvalue weighted by atomic mass is 35.5. The van der Waals surface area contributed by atoms with Gasteiger partial charge in [-0.05, 0) is 74.2 Å². The van der Waals surface area contributed by atoms with Crippen LogP contribution < -0.4 is 10.6 Å². The minimum Gasteiger partial charge on any atom is -0.350 e. The number of aromatic nitrogens is 3. The topological polar surface area (TPSA) is 54.8 Å². The Morgan fingerprint density at radius 1 is 1.15 bits per heavy atom. The Bertz CT molecular complexity index is 1330. The van der Waals surface area contributed by atoms with E-state index >= 15 is 0 Å². The van der Waals surface area contributed by atoms with Crippen molar-refractivity contribution in [3.63, 3.8) is 0 Å². The van der Waals surface area contributed by atoms with E-state index in [0.29, 0.717) is 22.5 Å². The van der Waals surface area contributed by atoms with E-state index in [-0.39, 0.29) is 6.54 Å². The Balaban J connectivity index is 1.51. The molecule has 1 saturated heterocycles. The first-order chi connectivity index (χ1) is 16.5. The van der Waals surface area contributed by atoms with Gasteiger partial charge in [-0.2, -0.15) is 4.98 Å². The molecule has 2 N–H and O–H groups in total. The van der Waals surface area contributed by atoms with Crippen LogP contribution in [0.1, 0.15) is 24.0 Å². The van der Waals surface area contributed by atoms with Gasteiger partial charge in [0.2, 0.25) is 5.95 Å². The first kappa shape index (κ1) is 22.7. The van der Waals surface area contributed by atoms with E-state index in [0.717, 1.165) is 66.4 Å². The van der Waals surface area contributed by atoms with Gasteiger partial charge in [0.15, 0.2) is 11.6 Å². The van der Waals surface area contributed by atoms with Crippen LogP contribution in [0.15, 0.2) is 48.7 Å². The molecule has 0 spiro atoms. The lowest BCUT2D eigenvalue weighted by Crippen LogP contribution is -2.32. The lowest BCUT2D eigenvalue weighted by atomic mass is 9.99. The maximum absolute atomic E-state index is 13.6. The number of aryl methyl sites for hydroxylation is 1. The minimum atomic E-state index is -0.870. The predicted molar refractivity (Wildman–Crippen MR) is 132 cm³/mol. The molecular formula is C26H26ClF2N5. The number of hydrogen-bond donors (Lipinski definition) is 2. The molecule has 1 aliphatic rings. The number of hydrogen-bond acceptors (Lipinski definition) is 4. The van der Waals surface area contributed by atoms with Crippen LogP contribution in [0.3, 0.4) is 0 Å². The molecule has 5 nitrogen and oxygen atoms in total. The first-order valence-corrected chi connectivity index (χ1v) is 11.9. The lowest BCUT2D eigenvalue weighted by Gasteiger charge is -2.24. The number of nitrogens with zero attached hydrogens (tertiary/aromatic N) is 3. The van der Waals surface area contributed by atoms with Crippen molar-refractivity contribution in [3.8, 4) is 11.3 Å². The molecule has 5 rings (SSSR count). The summed E-state index contributed by atoms with van der Waals surface area (Å²) < 4.78 is 29.0. The number of nitrogens with one attached hydrogen (secondary N) is 2. The van der Waals surface area contributed by atoms with Crippen LogP contribution in [0.25, 0.3) is 22.3 Å². The summed E-state index contributed by atoms with van der Waals surface area (Å²) in [7, 11) is 0. The Morgan fingerprint density at radius 3 is 2.79 bits per heavy atom. The van der Waals surface area contributed by atoms with Crippen molar-refractivity contribution in [2.24, 2.45) is 5.92 Å². The summed E-state index contributed by atoms with van der Waals surface area (Å²) in [4.78, 5) is 9.24. The Kier molecular flexibility index (Phi) is 6.48. The van der Waals surface area contributed by atoms with Gasteiger partial charge in [-0.3, -0.25) is 0 Å². The van der Waals surface area contributed by atoms with Crippen molar-refractivity contribution in [2.75, 3.05) is 18.4 Å². The SMILES string of the molecule is Cc1ccc(-c2cc3cnc(NCc4ccc(F)c(F)c4)nc3n2C[C@@H]2CCCNC2)c(Cl)c1. The maximum atomic E-state index is 13.6. The van der Waals surface area contributed by atoms with Gasteiger partial charge >= 0.3 is 0 Å². The van der Waals surface area contributed by atoms with Crippen molar-refractivity contribution >= 4 is 28.6 Å². The van der Waals surface area contributed by atoms with E-state index in [9.17, 15) is 8.78 Å². The van der Waals surface area contributed by atoms with E-state index in [4.69, 9.17) is 16.6 Å². The number of piperidine rings is 1. The number of anilines is 1. The molecule has 3 heterocycles. The number of fused-ring (bicyclic) bond motifs is 1. The Morgan fingerprint density at radius 2 is 2.03 bits per heavy atom. The Hall–Kier alpha value is -3.03. The third-order valence-corrected chi connectivity index (χ3v) is 6.62. The van der Waals surface area contributed by atoms with Crippen LogP contribution in [-0.4, -0.2) is 27.6 Å². The molecule has 0 saturated carbocycles. The van der Waals surface area contributed by atoms with Gasteiger partial charge in [0.1, 0.15) is 5.65 Å². The van der Waals surface area contributed by atoms with Crippen LogP contribution in [0.2, 0.25) is 5.02 Å². The van der Waals surface area contributed by atoms with E-state index in [1.807, 2.05) is 13.0 Å². The summed E-state index contributed by atoms with van der Waals surface area (Å²) in [5.41, 5.74) is 4.51. The third kappa shape index (κ3) is 4.76. The van der Waals surface area contributed by atoms with Crippen molar-refractivity contribution in [1.29, 1.82) is 0 Å². The highest BCUT2D eigenvalue weighted by Crippen LogP contribution is 2.34. The van der Waals surface area contributed by atoms with Crippen LogP contribution in [0.5, 0.6) is 0 Å². The zero-order valence-corrected chi connectivity index (χ0v) is 19.7. The predicted octanol–water partition coefficient (Wildman–Crippen LogP) is 5.95. The van der Waals surface area contributed by atoms with E-state index in [1.54, 1.807) is 12.3 Å². The van der Waals surface area contributed by atoms with Crippen LogP contribution in [0, 0.1) is 24.5 Å². The molecule has 176 valence electrons. The van der Waals surface area contributed by atoms with Crippen molar-refractivity contribution in [3.05, 3.63) is 76.4 Å². The molecule has 1 fully saturated rings. The quantitative estimate of drug-likeness (QED) is 0.357. The smallest absolute Gasteiger partial charge is 0.224 e. The average molecular weight is 482 g/mol. The van der Waals surface area contributed by atoms with Crippen LogP contribution in [0.4, 0.5) is 14.7 Å². The third-order valence-electron chi connectivity index (χ3n) is 6.31. The second kappa shape index (κ2) is 9.68. The summed E-state index contributed by atoms with van der Waals surface area (Å²) >= 11 is 6.65. The second-order valence-corrected chi connectivity index (χ2v) is 9.32. The summed E-state index contributed by atoms with van der Waals surface area (Å²) in [6.07, 6.45) is 4.09. The molecule has 2 aromatic heterocycles. The fraction of sp³-hybridized carbons (Fsp3) is 0.308. The normalized spacial score (nSPS) is 16.2. The fourth-order valence-electron chi connectivity index (χ4n) is 4.53. The van der Waals surface area contributed by atoms with Crippen molar-refractivity contribution in [1.82, 2.24) is 19.9 Å². The first-order valence-electron chi connectivity index (χ1n) is 11.5. The van der Waals surface area contributed by atoms with Gasteiger partial charge in [0.05, 0.1) is 10.7 Å². The Labute approximate surface area is 202 Å². The van der Waals surface area contributed by atoms with E-state index in [2.05, 4.69) is 38.4 Å². The molecule has 1 aliphatic heterocycles. The fourth-order valence-corrected chi connectivity index (χ4v) is 4.86. The lowest BCUT2D eigenvalue weighted by molar-refractivity contribution is 0.341. The number of halogens is 3. The number of rotatable bonds is 6. The second-order valence-electron chi connectivity index (χ2n) is 8.91. The molecule has 0 amide bonds. The van der Waals surface area contributed by atoms with Gasteiger partial charge in [-0.1, -0.05) is 29.8 Å².